The van der Waals surface area contributed by atoms with Gasteiger partial charge in [0.1, 0.15) is 5.84 Å². The molecule has 0 bridgehead atoms. The summed E-state index contributed by atoms with van der Waals surface area (Å²) in [6.07, 6.45) is 11.1. The number of halogens is 1. The van der Waals surface area contributed by atoms with E-state index in [-0.39, 0.29) is 5.91 Å². The van der Waals surface area contributed by atoms with E-state index >= 15 is 0 Å². The first-order valence-corrected chi connectivity index (χ1v) is 13.6. The van der Waals surface area contributed by atoms with Crippen molar-refractivity contribution in [1.82, 2.24) is 0 Å². The number of aryl methyl sites for hydroxylation is 1. The summed E-state index contributed by atoms with van der Waals surface area (Å²) < 4.78 is 6.35. The Bertz CT molecular complexity index is 1110. The molecule has 0 unspecified atom stereocenters. The molecule has 1 aliphatic carbocycles. The van der Waals surface area contributed by atoms with Crippen LogP contribution in [-0.4, -0.2) is 37.7 Å². The Kier molecular flexibility index (Phi) is 10.3. The number of aliphatic imine (C=N–C) groups is 2. The number of benzene rings is 1. The average molecular weight is 586 g/mol. The zero-order valence-electron chi connectivity index (χ0n) is 21.5. The molecule has 186 valence electrons. The van der Waals surface area contributed by atoms with Crippen LogP contribution < -0.4 is 4.90 Å². The fraction of sp³-hybridized carbons (Fsp3) is 0.483. The third kappa shape index (κ3) is 7.37. The molecular formula is C29H36IN3O2. The van der Waals surface area contributed by atoms with Crippen LogP contribution in [-0.2, 0) is 9.53 Å². The smallest absolute Gasteiger partial charge is 0.308 e. The van der Waals surface area contributed by atoms with E-state index < -0.39 is 0 Å². The summed E-state index contributed by atoms with van der Waals surface area (Å²) in [6, 6.07) is 4.30. The largest absolute Gasteiger partial charge is 0.381 e. The lowest BCUT2D eigenvalue weighted by Crippen LogP contribution is -2.37. The van der Waals surface area contributed by atoms with E-state index in [0.717, 1.165) is 54.6 Å². The second-order valence-electron chi connectivity index (χ2n) is 9.11. The highest BCUT2D eigenvalue weighted by molar-refractivity contribution is 14.1. The predicted octanol–water partition coefficient (Wildman–Crippen LogP) is 6.60. The second-order valence-corrected chi connectivity index (χ2v) is 10.3. The topological polar surface area (TPSA) is 54.3 Å². The molecule has 0 radical (unpaired) electrons. The highest BCUT2D eigenvalue weighted by atomic mass is 127. The Morgan fingerprint density at radius 2 is 1.97 bits per heavy atom. The molecule has 2 fully saturated rings. The van der Waals surface area contributed by atoms with Gasteiger partial charge in [-0.1, -0.05) is 25.8 Å². The number of nitrogens with zero attached hydrogens (tertiary/aromatic N) is 3. The van der Waals surface area contributed by atoms with Crippen LogP contribution in [0.3, 0.4) is 0 Å². The van der Waals surface area contributed by atoms with Gasteiger partial charge < -0.3 is 4.74 Å². The summed E-state index contributed by atoms with van der Waals surface area (Å²) >= 11 is 2.36. The number of ether oxygens (including phenoxy) is 1. The third-order valence-electron chi connectivity index (χ3n) is 6.28. The normalized spacial score (nSPS) is 20.0. The maximum absolute atomic E-state index is 13.1. The van der Waals surface area contributed by atoms with E-state index in [1.807, 2.05) is 32.1 Å². The molecule has 0 N–H and O–H groups in total. The standard InChI is InChI=1S/C23H24IN3O.C6H12O/c1-5-7-8-23(28)27(22-12-11-20(25-4)19(6-2)26-22)21-13-15(3)18(24)14-17(21)16-9-10-16;1-6-2-4-7-5-3-6/h6,11-14,16H,5,9-10H2,1-4H3;6H,2-5H2,1H3/b19-6+,25-20?;. The molecule has 3 aliphatic rings. The molecule has 1 aromatic rings. The Labute approximate surface area is 224 Å². The molecule has 0 spiro atoms. The zero-order valence-corrected chi connectivity index (χ0v) is 23.7. The number of dihydropyridines is 1. The van der Waals surface area contributed by atoms with Crippen molar-refractivity contribution in [3.05, 3.63) is 50.8 Å². The Balaban J connectivity index is 0.000000420. The van der Waals surface area contributed by atoms with Gasteiger partial charge >= 0.3 is 5.91 Å². The predicted molar refractivity (Wildman–Crippen MR) is 154 cm³/mol. The van der Waals surface area contributed by atoms with Crippen LogP contribution in [0.2, 0.25) is 0 Å². The molecular weight excluding hydrogens is 549 g/mol. The minimum atomic E-state index is -0.250. The van der Waals surface area contributed by atoms with E-state index in [1.165, 1.54) is 22.0 Å². The van der Waals surface area contributed by atoms with E-state index in [1.54, 1.807) is 11.9 Å². The average Bonchev–Trinajstić information content (AvgIpc) is 3.71. The van der Waals surface area contributed by atoms with E-state index in [9.17, 15) is 4.79 Å². The number of rotatable bonds is 2. The number of carbonyl (C=O) groups is 1. The first kappa shape index (κ1) is 27.3. The number of hydrogen-bond acceptors (Lipinski definition) is 4. The van der Waals surface area contributed by atoms with Gasteiger partial charge in [-0.15, -0.1) is 0 Å². The number of hydrogen-bond donors (Lipinski definition) is 0. The molecule has 1 saturated carbocycles. The Hall–Kier alpha value is -2.24. The van der Waals surface area contributed by atoms with Gasteiger partial charge in [-0.3, -0.25) is 14.7 Å². The number of amides is 1. The number of carbonyl (C=O) groups excluding carboxylic acids is 1. The van der Waals surface area contributed by atoms with Crippen LogP contribution in [0.15, 0.2) is 46.0 Å². The minimum Gasteiger partial charge on any atom is -0.381 e. The van der Waals surface area contributed by atoms with Crippen LogP contribution in [0.25, 0.3) is 0 Å². The van der Waals surface area contributed by atoms with Crippen LogP contribution in [0, 0.1) is 28.3 Å². The lowest BCUT2D eigenvalue weighted by Gasteiger charge is -2.26. The summed E-state index contributed by atoms with van der Waals surface area (Å²) in [5, 5.41) is 0. The first-order chi connectivity index (χ1) is 16.9. The zero-order chi connectivity index (χ0) is 25.4. The fourth-order valence-corrected chi connectivity index (χ4v) is 4.44. The number of anilines is 1. The van der Waals surface area contributed by atoms with Crippen LogP contribution >= 0.6 is 22.6 Å². The van der Waals surface area contributed by atoms with Gasteiger partial charge in [0.05, 0.1) is 17.1 Å². The molecule has 35 heavy (non-hydrogen) atoms. The Morgan fingerprint density at radius 3 is 2.51 bits per heavy atom. The van der Waals surface area contributed by atoms with Crippen molar-refractivity contribution in [2.45, 2.75) is 65.7 Å². The van der Waals surface area contributed by atoms with Crippen molar-refractivity contribution >= 4 is 45.7 Å². The highest BCUT2D eigenvalue weighted by Gasteiger charge is 2.32. The van der Waals surface area contributed by atoms with Gasteiger partial charge in [-0.2, -0.15) is 0 Å². The maximum atomic E-state index is 13.1. The van der Waals surface area contributed by atoms with E-state index in [2.05, 4.69) is 65.4 Å². The molecule has 2 aliphatic heterocycles. The van der Waals surface area contributed by atoms with Crippen molar-refractivity contribution in [3.63, 3.8) is 0 Å². The van der Waals surface area contributed by atoms with Crippen molar-refractivity contribution in [3.8, 4) is 11.8 Å². The van der Waals surface area contributed by atoms with E-state index in [4.69, 9.17) is 9.73 Å². The van der Waals surface area contributed by atoms with Gasteiger partial charge in [0.2, 0.25) is 0 Å². The third-order valence-corrected chi connectivity index (χ3v) is 7.44. The first-order valence-electron chi connectivity index (χ1n) is 12.5. The molecule has 5 nitrogen and oxygen atoms in total. The summed E-state index contributed by atoms with van der Waals surface area (Å²) in [5.41, 5.74) is 4.81. The van der Waals surface area contributed by atoms with E-state index in [0.29, 0.717) is 18.2 Å². The lowest BCUT2D eigenvalue weighted by atomic mass is 10.0. The van der Waals surface area contributed by atoms with Gasteiger partial charge in [0, 0.05) is 30.3 Å². The summed E-state index contributed by atoms with van der Waals surface area (Å²) in [5.74, 6) is 7.43. The SMILES string of the molecule is C/C=C1/N=C(N(C(=O)C#CCC)c2cc(C)c(I)cc2C2CC2)C=CC1=NC.CC1CCOCC1. The molecule has 1 aromatic carbocycles. The molecule has 0 aromatic heterocycles. The quantitative estimate of drug-likeness (QED) is 0.290. The fourth-order valence-electron chi connectivity index (χ4n) is 3.95. The van der Waals surface area contributed by atoms with Crippen molar-refractivity contribution < 1.29 is 9.53 Å². The molecule has 0 atom stereocenters. The molecule has 1 saturated heterocycles. The van der Waals surface area contributed by atoms with Gasteiger partial charge in [-0.25, -0.2) is 4.99 Å². The highest BCUT2D eigenvalue weighted by Crippen LogP contribution is 2.45. The lowest BCUT2D eigenvalue weighted by molar-refractivity contribution is -0.112. The Morgan fingerprint density at radius 1 is 1.26 bits per heavy atom. The summed E-state index contributed by atoms with van der Waals surface area (Å²) in [7, 11) is 1.74. The van der Waals surface area contributed by atoms with Crippen LogP contribution in [0.4, 0.5) is 5.69 Å². The molecule has 2 heterocycles. The monoisotopic (exact) mass is 585 g/mol. The maximum Gasteiger partial charge on any atom is 0.308 e. The van der Waals surface area contributed by atoms with Crippen LogP contribution in [0.5, 0.6) is 0 Å². The summed E-state index contributed by atoms with van der Waals surface area (Å²) in [4.78, 5) is 23.8. The molecule has 6 heteroatoms. The number of amidine groups is 1. The molecule has 4 rings (SSSR count). The van der Waals surface area contributed by atoms with Crippen molar-refractivity contribution in [2.75, 3.05) is 25.2 Å². The van der Waals surface area contributed by atoms with Gasteiger partial charge in [-0.05, 0) is 115 Å². The van der Waals surface area contributed by atoms with Crippen LogP contribution in [0.1, 0.15) is 69.9 Å². The van der Waals surface area contributed by atoms with Gasteiger partial charge in [0.15, 0.2) is 0 Å². The summed E-state index contributed by atoms with van der Waals surface area (Å²) in [6.45, 7) is 10.2. The molecule has 1 amide bonds. The minimum absolute atomic E-state index is 0.250. The second kappa shape index (κ2) is 13.2. The van der Waals surface area contributed by atoms with Crippen molar-refractivity contribution in [2.24, 2.45) is 15.9 Å². The van der Waals surface area contributed by atoms with Gasteiger partial charge in [0.25, 0.3) is 0 Å². The van der Waals surface area contributed by atoms with Crippen molar-refractivity contribution in [1.29, 1.82) is 0 Å². The number of allylic oxidation sites excluding steroid dienone is 2.